The Hall–Kier alpha value is -1.06. The van der Waals surface area contributed by atoms with Crippen LogP contribution in [0, 0.1) is 0 Å². The summed E-state index contributed by atoms with van der Waals surface area (Å²) < 4.78 is 5.04. The fraction of sp³-hybridized carbons (Fsp3) is 0.111. The Morgan fingerprint density at radius 2 is 2.21 bits per heavy atom. The van der Waals surface area contributed by atoms with Crippen LogP contribution in [-0.4, -0.2) is 15.6 Å². The smallest absolute Gasteiger partial charge is 0.195 e. The molecule has 14 heavy (non-hydrogen) atoms. The third-order valence-electron chi connectivity index (χ3n) is 1.81. The first-order valence-corrected chi connectivity index (χ1v) is 4.71. The summed E-state index contributed by atoms with van der Waals surface area (Å²) in [6.07, 6.45) is 1.32. The fourth-order valence-electron chi connectivity index (χ4n) is 1.13. The lowest BCUT2D eigenvalue weighted by molar-refractivity contribution is 0.101. The number of hydrogen-bond acceptors (Lipinski definition) is 3. The molecule has 0 saturated heterocycles. The molecule has 0 spiro atoms. The number of hydrogen-bond donors (Lipinski definition) is 0. The normalized spacial score (nSPS) is 11.1. The number of nitrogens with zero attached hydrogens (tertiary/aromatic N) is 1. The number of carbonyl (C=O) groups is 1. The molecule has 0 aliphatic carbocycles. The summed E-state index contributed by atoms with van der Waals surface area (Å²) in [5.74, 6) is -0.341. The second-order valence-electron chi connectivity index (χ2n) is 2.70. The zero-order valence-electron chi connectivity index (χ0n) is 6.91. The minimum atomic E-state index is -1.05. The van der Waals surface area contributed by atoms with Crippen molar-refractivity contribution in [3.05, 3.63) is 30.2 Å². The van der Waals surface area contributed by atoms with Crippen molar-refractivity contribution < 1.29 is 9.21 Å². The highest BCUT2D eigenvalue weighted by molar-refractivity contribution is 6.55. The van der Waals surface area contributed by atoms with Crippen LogP contribution in [0.25, 0.3) is 11.1 Å². The molecule has 0 aliphatic rings. The molecule has 0 atom stereocenters. The minimum absolute atomic E-state index is 0.341. The predicted octanol–water partition coefficient (Wildman–Crippen LogP) is 2.81. The Morgan fingerprint density at radius 3 is 2.93 bits per heavy atom. The van der Waals surface area contributed by atoms with Gasteiger partial charge in [-0.15, -0.1) is 0 Å². The van der Waals surface area contributed by atoms with Crippen molar-refractivity contribution in [2.24, 2.45) is 0 Å². The quantitative estimate of drug-likeness (QED) is 0.588. The van der Waals surface area contributed by atoms with Crippen molar-refractivity contribution in [3.63, 3.8) is 0 Å². The van der Waals surface area contributed by atoms with Crippen LogP contribution in [0.1, 0.15) is 10.4 Å². The van der Waals surface area contributed by atoms with Gasteiger partial charge in [-0.05, 0) is 18.2 Å². The van der Waals surface area contributed by atoms with Crippen LogP contribution in [0.15, 0.2) is 29.0 Å². The lowest BCUT2D eigenvalue weighted by Gasteiger charge is -1.99. The first-order valence-electron chi connectivity index (χ1n) is 3.84. The number of alkyl halides is 2. The molecule has 0 N–H and O–H groups in total. The highest BCUT2D eigenvalue weighted by Crippen LogP contribution is 2.17. The molecule has 0 amide bonds. The molecular formula is C9H5Cl2NO2. The third kappa shape index (κ3) is 1.61. The van der Waals surface area contributed by atoms with E-state index in [0.29, 0.717) is 16.7 Å². The van der Waals surface area contributed by atoms with Gasteiger partial charge in [-0.3, -0.25) is 4.79 Å². The molecule has 0 radical (unpaired) electrons. The Bertz CT molecular complexity index is 478. The van der Waals surface area contributed by atoms with E-state index in [2.05, 4.69) is 4.98 Å². The monoisotopic (exact) mass is 229 g/mol. The summed E-state index contributed by atoms with van der Waals surface area (Å²) in [6, 6.07) is 4.87. The van der Waals surface area contributed by atoms with E-state index < -0.39 is 4.84 Å². The zero-order valence-corrected chi connectivity index (χ0v) is 8.42. The first-order chi connectivity index (χ1) is 6.68. The van der Waals surface area contributed by atoms with Gasteiger partial charge in [0.05, 0.1) is 0 Å². The summed E-state index contributed by atoms with van der Waals surface area (Å²) in [6.45, 7) is 0. The zero-order chi connectivity index (χ0) is 10.1. The van der Waals surface area contributed by atoms with Gasteiger partial charge in [-0.2, -0.15) is 0 Å². The molecule has 1 aromatic carbocycles. The lowest BCUT2D eigenvalue weighted by atomic mass is 10.1. The SMILES string of the molecule is O=C(c1ccc2ncoc2c1)C(Cl)Cl. The van der Waals surface area contributed by atoms with Crippen molar-refractivity contribution in [2.75, 3.05) is 0 Å². The molecule has 72 valence electrons. The Labute approximate surface area is 89.6 Å². The Morgan fingerprint density at radius 1 is 1.43 bits per heavy atom. The molecule has 3 nitrogen and oxygen atoms in total. The molecule has 0 bridgehead atoms. The van der Waals surface area contributed by atoms with E-state index >= 15 is 0 Å². The molecule has 0 unspecified atom stereocenters. The molecule has 2 rings (SSSR count). The molecule has 0 saturated carbocycles. The number of carbonyl (C=O) groups excluding carboxylic acids is 1. The van der Waals surface area contributed by atoms with E-state index in [1.54, 1.807) is 18.2 Å². The molecule has 0 aliphatic heterocycles. The third-order valence-corrected chi connectivity index (χ3v) is 2.21. The average Bonchev–Trinajstić information content (AvgIpc) is 2.62. The highest BCUT2D eigenvalue weighted by atomic mass is 35.5. The van der Waals surface area contributed by atoms with Crippen molar-refractivity contribution in [2.45, 2.75) is 4.84 Å². The van der Waals surface area contributed by atoms with Gasteiger partial charge in [-0.25, -0.2) is 4.98 Å². The van der Waals surface area contributed by atoms with Gasteiger partial charge in [0.15, 0.2) is 22.6 Å². The topological polar surface area (TPSA) is 43.1 Å². The van der Waals surface area contributed by atoms with Gasteiger partial charge in [0.2, 0.25) is 0 Å². The maximum atomic E-state index is 11.4. The first kappa shape index (κ1) is 9.49. The second kappa shape index (κ2) is 3.59. The number of aromatic nitrogens is 1. The molecule has 1 aromatic heterocycles. The number of ketones is 1. The second-order valence-corrected chi connectivity index (χ2v) is 3.80. The van der Waals surface area contributed by atoms with Gasteiger partial charge in [0.1, 0.15) is 5.52 Å². The average molecular weight is 230 g/mol. The van der Waals surface area contributed by atoms with Crippen LogP contribution in [0.4, 0.5) is 0 Å². The largest absolute Gasteiger partial charge is 0.443 e. The van der Waals surface area contributed by atoms with Crippen LogP contribution < -0.4 is 0 Å². The van der Waals surface area contributed by atoms with E-state index in [4.69, 9.17) is 27.6 Å². The van der Waals surface area contributed by atoms with Crippen LogP contribution in [0.3, 0.4) is 0 Å². The van der Waals surface area contributed by atoms with E-state index in [1.165, 1.54) is 6.39 Å². The van der Waals surface area contributed by atoms with Gasteiger partial charge in [-0.1, -0.05) is 23.2 Å². The van der Waals surface area contributed by atoms with E-state index in [0.717, 1.165) is 0 Å². The maximum absolute atomic E-state index is 11.4. The van der Waals surface area contributed by atoms with Gasteiger partial charge in [0, 0.05) is 5.56 Å². The molecule has 2 aromatic rings. The summed E-state index contributed by atoms with van der Waals surface area (Å²) >= 11 is 10.9. The van der Waals surface area contributed by atoms with Crippen molar-refractivity contribution >= 4 is 40.1 Å². The Balaban J connectivity index is 2.48. The molecule has 5 heteroatoms. The highest BCUT2D eigenvalue weighted by Gasteiger charge is 2.15. The number of oxazole rings is 1. The lowest BCUT2D eigenvalue weighted by Crippen LogP contribution is -2.07. The number of benzene rings is 1. The summed E-state index contributed by atoms with van der Waals surface area (Å²) in [4.78, 5) is 14.3. The predicted molar refractivity (Wildman–Crippen MR) is 53.8 cm³/mol. The van der Waals surface area contributed by atoms with Gasteiger partial charge in [0.25, 0.3) is 0 Å². The van der Waals surface area contributed by atoms with E-state index in [9.17, 15) is 4.79 Å². The number of fused-ring (bicyclic) bond motifs is 1. The van der Waals surface area contributed by atoms with Crippen LogP contribution in [0.5, 0.6) is 0 Å². The van der Waals surface area contributed by atoms with Gasteiger partial charge < -0.3 is 4.42 Å². The molecule has 1 heterocycles. The van der Waals surface area contributed by atoms with Crippen LogP contribution >= 0.6 is 23.2 Å². The maximum Gasteiger partial charge on any atom is 0.195 e. The Kier molecular flexibility index (Phi) is 2.44. The van der Waals surface area contributed by atoms with Crippen LogP contribution in [-0.2, 0) is 0 Å². The minimum Gasteiger partial charge on any atom is -0.443 e. The summed E-state index contributed by atoms with van der Waals surface area (Å²) in [5, 5.41) is 0. The van der Waals surface area contributed by atoms with E-state index in [-0.39, 0.29) is 5.78 Å². The summed E-state index contributed by atoms with van der Waals surface area (Å²) in [5.41, 5.74) is 1.66. The molecular weight excluding hydrogens is 225 g/mol. The summed E-state index contributed by atoms with van der Waals surface area (Å²) in [7, 11) is 0. The van der Waals surface area contributed by atoms with E-state index in [1.807, 2.05) is 0 Å². The van der Waals surface area contributed by atoms with Gasteiger partial charge >= 0.3 is 0 Å². The standard InChI is InChI=1S/C9H5Cl2NO2/c10-9(11)8(13)5-1-2-6-7(3-5)14-4-12-6/h1-4,9H. The number of rotatable bonds is 2. The van der Waals surface area contributed by atoms with Crippen molar-refractivity contribution in [3.8, 4) is 0 Å². The van der Waals surface area contributed by atoms with Crippen molar-refractivity contribution in [1.29, 1.82) is 0 Å². The molecule has 0 fully saturated rings. The van der Waals surface area contributed by atoms with Crippen LogP contribution in [0.2, 0.25) is 0 Å². The number of Topliss-reactive ketones (excluding diaryl/α,β-unsaturated/α-hetero) is 1. The fourth-order valence-corrected chi connectivity index (χ4v) is 1.39. The van der Waals surface area contributed by atoms with Crippen molar-refractivity contribution in [1.82, 2.24) is 4.98 Å². The number of halogens is 2.